The lowest BCUT2D eigenvalue weighted by molar-refractivity contribution is -0.276. The molecule has 14 heteroatoms. The van der Waals surface area contributed by atoms with Crippen molar-refractivity contribution >= 4 is 0 Å². The van der Waals surface area contributed by atoms with Crippen LogP contribution in [-0.4, -0.2) is 6.36 Å². The van der Waals surface area contributed by atoms with Crippen LogP contribution >= 0.6 is 0 Å². The molecular formula is C34H18F12O2. The SMILES string of the molecule is CCCCc1ccc(C#Cc2cc(F)c(C(F)(F)Oc3cc(F)c(C#Cc4cc(F)c(OC(F)(F)F)c(F)c4)c(F)c3)c(F)c2)c(F)c1. The van der Waals surface area contributed by atoms with Crippen molar-refractivity contribution in [3.8, 4) is 35.2 Å². The predicted molar refractivity (Wildman–Crippen MR) is 147 cm³/mol. The molecule has 0 unspecified atom stereocenters. The summed E-state index contributed by atoms with van der Waals surface area (Å²) in [5, 5.41) is 0. The zero-order valence-corrected chi connectivity index (χ0v) is 24.2. The molecule has 0 bridgehead atoms. The normalized spacial score (nSPS) is 11.4. The summed E-state index contributed by atoms with van der Waals surface area (Å²) in [5.41, 5.74) is -3.61. The quantitative estimate of drug-likeness (QED) is 0.142. The number of ether oxygens (including phenoxy) is 2. The monoisotopic (exact) mass is 686 g/mol. The zero-order chi connectivity index (χ0) is 35.4. The van der Waals surface area contributed by atoms with Crippen LogP contribution in [0.15, 0.2) is 54.6 Å². The van der Waals surface area contributed by atoms with Gasteiger partial charge in [0.1, 0.15) is 40.4 Å². The summed E-state index contributed by atoms with van der Waals surface area (Å²) in [4.78, 5) is 0. The Bertz CT molecular complexity index is 1910. The molecule has 0 aliphatic heterocycles. The van der Waals surface area contributed by atoms with E-state index in [1.807, 2.05) is 18.8 Å². The fourth-order valence-electron chi connectivity index (χ4n) is 4.17. The highest BCUT2D eigenvalue weighted by Crippen LogP contribution is 2.36. The average Bonchev–Trinajstić information content (AvgIpc) is 2.96. The van der Waals surface area contributed by atoms with Crippen LogP contribution in [0.4, 0.5) is 52.7 Å². The Hall–Kier alpha value is -5.24. The maximum atomic E-state index is 14.9. The molecule has 0 saturated carbocycles. The van der Waals surface area contributed by atoms with Crippen molar-refractivity contribution in [1.29, 1.82) is 0 Å². The second-order valence-corrected chi connectivity index (χ2v) is 9.93. The molecule has 0 atom stereocenters. The minimum atomic E-state index is -5.43. The van der Waals surface area contributed by atoms with Crippen molar-refractivity contribution < 1.29 is 62.2 Å². The number of alkyl halides is 5. The molecular weight excluding hydrogens is 668 g/mol. The van der Waals surface area contributed by atoms with Gasteiger partial charge < -0.3 is 9.47 Å². The van der Waals surface area contributed by atoms with Crippen LogP contribution in [0.2, 0.25) is 0 Å². The van der Waals surface area contributed by atoms with Crippen LogP contribution in [0.5, 0.6) is 11.5 Å². The van der Waals surface area contributed by atoms with Gasteiger partial charge in [-0.1, -0.05) is 43.1 Å². The third-order valence-electron chi connectivity index (χ3n) is 6.34. The van der Waals surface area contributed by atoms with Crippen LogP contribution in [0, 0.1) is 64.4 Å². The molecule has 0 amide bonds. The van der Waals surface area contributed by atoms with Crippen molar-refractivity contribution in [2.24, 2.45) is 0 Å². The first-order chi connectivity index (χ1) is 22.5. The van der Waals surface area contributed by atoms with E-state index in [-0.39, 0.29) is 29.8 Å². The Kier molecular flexibility index (Phi) is 10.6. The lowest BCUT2D eigenvalue weighted by Crippen LogP contribution is -2.25. The van der Waals surface area contributed by atoms with Crippen molar-refractivity contribution in [3.63, 3.8) is 0 Å². The fraction of sp³-hybridized carbons (Fsp3) is 0.176. The number of rotatable bonds is 7. The highest BCUT2D eigenvalue weighted by Gasteiger charge is 2.41. The molecule has 4 aromatic rings. The van der Waals surface area contributed by atoms with Crippen LogP contribution in [-0.2, 0) is 12.5 Å². The number of hydrogen-bond donors (Lipinski definition) is 0. The summed E-state index contributed by atoms with van der Waals surface area (Å²) in [6.45, 7) is 1.96. The first-order valence-electron chi connectivity index (χ1n) is 13.6. The van der Waals surface area contributed by atoms with Crippen molar-refractivity contribution in [2.75, 3.05) is 0 Å². The highest BCUT2D eigenvalue weighted by atomic mass is 19.4. The maximum absolute atomic E-state index is 14.9. The number of unbranched alkanes of at least 4 members (excludes halogenated alkanes) is 1. The van der Waals surface area contributed by atoms with E-state index in [0.717, 1.165) is 12.8 Å². The Morgan fingerprint density at radius 2 is 1.12 bits per heavy atom. The van der Waals surface area contributed by atoms with Crippen LogP contribution in [0.25, 0.3) is 0 Å². The summed E-state index contributed by atoms with van der Waals surface area (Å²) in [6, 6.07) is 5.96. The van der Waals surface area contributed by atoms with Gasteiger partial charge in [0.2, 0.25) is 5.75 Å². The van der Waals surface area contributed by atoms with Gasteiger partial charge in [-0.3, -0.25) is 0 Å². The number of hydrogen-bond acceptors (Lipinski definition) is 2. The summed E-state index contributed by atoms with van der Waals surface area (Å²) in [6.07, 6.45) is -7.93. The largest absolute Gasteiger partial charge is 0.573 e. The van der Waals surface area contributed by atoms with Gasteiger partial charge in [-0.05, 0) is 54.8 Å². The van der Waals surface area contributed by atoms with Gasteiger partial charge in [0.05, 0.1) is 11.1 Å². The van der Waals surface area contributed by atoms with Crippen LogP contribution in [0.3, 0.4) is 0 Å². The van der Waals surface area contributed by atoms with Gasteiger partial charge in [0.25, 0.3) is 0 Å². The molecule has 48 heavy (non-hydrogen) atoms. The smallest absolute Gasteiger partial charge is 0.429 e. The molecule has 0 aliphatic rings. The topological polar surface area (TPSA) is 18.5 Å². The van der Waals surface area contributed by atoms with Gasteiger partial charge in [-0.2, -0.15) is 8.78 Å². The number of halogens is 12. The van der Waals surface area contributed by atoms with Crippen molar-refractivity contribution in [2.45, 2.75) is 38.7 Å². The zero-order valence-electron chi connectivity index (χ0n) is 24.2. The van der Waals surface area contributed by atoms with E-state index < -0.39 is 86.9 Å². The first kappa shape index (κ1) is 35.6. The van der Waals surface area contributed by atoms with E-state index in [1.165, 1.54) is 12.1 Å². The summed E-state index contributed by atoms with van der Waals surface area (Å²) in [7, 11) is 0. The second kappa shape index (κ2) is 14.3. The molecule has 0 N–H and O–H groups in total. The van der Waals surface area contributed by atoms with E-state index >= 15 is 0 Å². The van der Waals surface area contributed by atoms with Gasteiger partial charge in [-0.25, -0.2) is 30.7 Å². The molecule has 4 aromatic carbocycles. The molecule has 0 heterocycles. The Morgan fingerprint density at radius 1 is 0.583 bits per heavy atom. The van der Waals surface area contributed by atoms with Crippen LogP contribution in [0.1, 0.15) is 53.1 Å². The molecule has 0 aliphatic carbocycles. The van der Waals surface area contributed by atoms with Gasteiger partial charge in [0.15, 0.2) is 11.6 Å². The van der Waals surface area contributed by atoms with E-state index in [4.69, 9.17) is 0 Å². The van der Waals surface area contributed by atoms with E-state index in [1.54, 1.807) is 6.07 Å². The standard InChI is InChI=1S/C34H18F12O2/c1-2-3-4-18-5-8-21(24(35)11-18)9-6-19-12-27(38)31(28(39)13-19)33(42,43)47-22-16-25(36)23(26(37)17-22)10-7-20-14-29(40)32(30(41)15-20)48-34(44,45)46/h5,8,11-17H,2-4H2,1H3. The minimum Gasteiger partial charge on any atom is -0.429 e. The highest BCUT2D eigenvalue weighted by molar-refractivity contribution is 5.49. The lowest BCUT2D eigenvalue weighted by Gasteiger charge is -2.20. The maximum Gasteiger partial charge on any atom is 0.573 e. The molecule has 2 nitrogen and oxygen atoms in total. The average molecular weight is 686 g/mol. The van der Waals surface area contributed by atoms with Gasteiger partial charge in [-0.15, -0.1) is 13.2 Å². The summed E-state index contributed by atoms with van der Waals surface area (Å²) < 4.78 is 175. The van der Waals surface area contributed by atoms with Crippen molar-refractivity contribution in [3.05, 3.63) is 129 Å². The van der Waals surface area contributed by atoms with Crippen molar-refractivity contribution in [1.82, 2.24) is 0 Å². The van der Waals surface area contributed by atoms with E-state index in [0.29, 0.717) is 24.1 Å². The molecule has 0 radical (unpaired) electrons. The third-order valence-corrected chi connectivity index (χ3v) is 6.34. The van der Waals surface area contributed by atoms with Crippen LogP contribution < -0.4 is 9.47 Å². The third kappa shape index (κ3) is 8.76. The molecule has 0 aromatic heterocycles. The number of benzene rings is 4. The Labute approximate surface area is 264 Å². The van der Waals surface area contributed by atoms with Gasteiger partial charge in [0, 0.05) is 23.3 Å². The minimum absolute atomic E-state index is 0.112. The Balaban J connectivity index is 1.55. The second-order valence-electron chi connectivity index (χ2n) is 9.93. The molecule has 0 spiro atoms. The lowest BCUT2D eigenvalue weighted by atomic mass is 10.1. The first-order valence-corrected chi connectivity index (χ1v) is 13.6. The van der Waals surface area contributed by atoms with E-state index in [9.17, 15) is 52.7 Å². The Morgan fingerprint density at radius 3 is 1.65 bits per heavy atom. The number of aryl methyl sites for hydroxylation is 1. The predicted octanol–water partition coefficient (Wildman–Crippen LogP) is 9.83. The summed E-state index contributed by atoms with van der Waals surface area (Å²) >= 11 is 0. The van der Waals surface area contributed by atoms with Gasteiger partial charge >= 0.3 is 12.5 Å². The fourth-order valence-corrected chi connectivity index (χ4v) is 4.17. The summed E-state index contributed by atoms with van der Waals surface area (Å²) in [5.74, 6) is -6.13. The molecule has 0 fully saturated rings. The molecule has 250 valence electrons. The van der Waals surface area contributed by atoms with E-state index in [2.05, 4.69) is 21.3 Å². The molecule has 0 saturated heterocycles. The molecule has 4 rings (SSSR count).